The summed E-state index contributed by atoms with van der Waals surface area (Å²) in [6.07, 6.45) is 1.39. The van der Waals surface area contributed by atoms with Gasteiger partial charge in [0.15, 0.2) is 6.04 Å². The zero-order chi connectivity index (χ0) is 30.8. The lowest BCUT2D eigenvalue weighted by Gasteiger charge is -2.43. The maximum absolute atomic E-state index is 16.2. The van der Waals surface area contributed by atoms with E-state index in [1.165, 1.54) is 11.3 Å². The number of aromatic nitrogens is 1. The number of halogens is 2. The van der Waals surface area contributed by atoms with Gasteiger partial charge in [-0.25, -0.2) is 4.39 Å². The number of rotatable bonds is 9. The van der Waals surface area contributed by atoms with E-state index in [1.807, 2.05) is 50.2 Å². The van der Waals surface area contributed by atoms with Gasteiger partial charge in [0.2, 0.25) is 0 Å². The molecule has 5 rings (SSSR count). The Bertz CT molecular complexity index is 1490. The van der Waals surface area contributed by atoms with Gasteiger partial charge in [-0.3, -0.25) is 4.98 Å². The number of nitroso groups, excluding NO2 is 1. The van der Waals surface area contributed by atoms with Crippen LogP contribution in [-0.4, -0.2) is 38.6 Å². The minimum Gasteiger partial charge on any atom is -0.403 e. The third kappa shape index (κ3) is 6.19. The Morgan fingerprint density at radius 3 is 2.16 bits per heavy atom. The number of nitrogens with zero attached hydrogens (tertiary/aromatic N) is 3. The highest BCUT2D eigenvalue weighted by Gasteiger charge is 2.50. The first-order valence-corrected chi connectivity index (χ1v) is 17.6. The molecule has 0 saturated carbocycles. The van der Waals surface area contributed by atoms with Crippen LogP contribution in [0.15, 0.2) is 83.6 Å². The molecule has 3 atom stereocenters. The molecule has 0 aliphatic carbocycles. The summed E-state index contributed by atoms with van der Waals surface area (Å²) >= 11 is 8.16. The van der Waals surface area contributed by atoms with Gasteiger partial charge in [0.25, 0.3) is 8.32 Å². The number of thiazole rings is 1. The normalized spacial score (nSPS) is 18.4. The Hall–Kier alpha value is -2.95. The molecular formula is C33H37ClFN3O3SSi. The topological polar surface area (TPSA) is 64.0 Å². The third-order valence-corrected chi connectivity index (χ3v) is 14.2. The summed E-state index contributed by atoms with van der Waals surface area (Å²) in [5, 5.41) is 5.27. The zero-order valence-electron chi connectivity index (χ0n) is 25.1. The lowest BCUT2D eigenvalue weighted by molar-refractivity contribution is -0.00532. The second-order valence-electron chi connectivity index (χ2n) is 12.1. The summed E-state index contributed by atoms with van der Waals surface area (Å²) < 4.78 is 29.4. The van der Waals surface area contributed by atoms with Crippen molar-refractivity contribution in [1.82, 2.24) is 4.98 Å². The van der Waals surface area contributed by atoms with Crippen molar-refractivity contribution in [3.05, 3.63) is 110 Å². The van der Waals surface area contributed by atoms with Gasteiger partial charge in [0.05, 0.1) is 34.9 Å². The minimum absolute atomic E-state index is 0.0435. The van der Waals surface area contributed by atoms with Crippen LogP contribution in [0.1, 0.15) is 56.7 Å². The monoisotopic (exact) mass is 637 g/mol. The summed E-state index contributed by atoms with van der Waals surface area (Å²) in [4.78, 5) is 18.8. The Balaban J connectivity index is 1.69. The summed E-state index contributed by atoms with van der Waals surface area (Å²) in [6.45, 7) is 11.9. The van der Waals surface area contributed by atoms with E-state index in [9.17, 15) is 4.91 Å². The highest BCUT2D eigenvalue weighted by molar-refractivity contribution is 7.09. The van der Waals surface area contributed by atoms with Crippen molar-refractivity contribution in [1.29, 1.82) is 0 Å². The van der Waals surface area contributed by atoms with Gasteiger partial charge in [-0.1, -0.05) is 98.2 Å². The smallest absolute Gasteiger partial charge is 0.261 e. The van der Waals surface area contributed by atoms with E-state index in [2.05, 4.69) is 60.1 Å². The summed E-state index contributed by atoms with van der Waals surface area (Å²) in [7, 11) is -2.94. The average molecular weight is 638 g/mol. The number of hydrogen-bond donors (Lipinski definition) is 0. The van der Waals surface area contributed by atoms with Gasteiger partial charge in [0, 0.05) is 30.4 Å². The fourth-order valence-electron chi connectivity index (χ4n) is 6.27. The maximum atomic E-state index is 16.2. The van der Waals surface area contributed by atoms with Gasteiger partial charge in [-0.2, -0.15) is 0 Å². The van der Waals surface area contributed by atoms with Crippen molar-refractivity contribution in [3.8, 4) is 0 Å². The highest BCUT2D eigenvalue weighted by atomic mass is 35.5. The molecule has 226 valence electrons. The fraction of sp³-hybridized carbons (Fsp3) is 0.364. The quantitative estimate of drug-likeness (QED) is 0.141. The average Bonchev–Trinajstić information content (AvgIpc) is 3.51. The molecule has 3 aromatic carbocycles. The molecule has 0 bridgehead atoms. The number of benzene rings is 3. The third-order valence-electron chi connectivity index (χ3n) is 8.01. The molecule has 1 unspecified atom stereocenters. The van der Waals surface area contributed by atoms with E-state index in [4.69, 9.17) is 20.8 Å². The highest BCUT2D eigenvalue weighted by Crippen LogP contribution is 2.43. The predicted octanol–water partition coefficient (Wildman–Crippen LogP) is 7.48. The van der Waals surface area contributed by atoms with E-state index < -0.39 is 20.2 Å². The largest absolute Gasteiger partial charge is 0.403 e. The van der Waals surface area contributed by atoms with E-state index in [-0.39, 0.29) is 34.4 Å². The first-order valence-electron chi connectivity index (χ1n) is 14.4. The van der Waals surface area contributed by atoms with Crippen LogP contribution in [0.3, 0.4) is 0 Å². The Morgan fingerprint density at radius 1 is 1.09 bits per heavy atom. The molecule has 1 aliphatic heterocycles. The van der Waals surface area contributed by atoms with Crippen LogP contribution in [0.2, 0.25) is 10.1 Å². The lowest BCUT2D eigenvalue weighted by atomic mass is 10.00. The van der Waals surface area contributed by atoms with E-state index in [0.717, 1.165) is 10.4 Å². The zero-order valence-corrected chi connectivity index (χ0v) is 27.7. The standard InChI is InChI=1S/C33H37ClFN3O3SSi/c1-22-18-38(19-23(2)41-22)32-24(16-27(30(35)29(32)34)31(37-39)28-17-36-21-42-28)20-40-43(33(3,4)5,25-12-8-6-9-13-25)26-14-10-7-11-15-26/h6-17,21-23,31H,18-20H2,1-5H3/t22-,23+,31?. The van der Waals surface area contributed by atoms with Crippen molar-refractivity contribution < 1.29 is 13.6 Å². The molecule has 1 fully saturated rings. The molecule has 10 heteroatoms. The van der Waals surface area contributed by atoms with Crippen LogP contribution >= 0.6 is 22.9 Å². The Labute approximate surface area is 262 Å². The van der Waals surface area contributed by atoms with Crippen LogP contribution in [0.25, 0.3) is 0 Å². The molecule has 0 spiro atoms. The molecular weight excluding hydrogens is 601 g/mol. The molecule has 4 aromatic rings. The molecule has 0 amide bonds. The number of ether oxygens (including phenoxy) is 1. The van der Waals surface area contributed by atoms with Crippen molar-refractivity contribution in [3.63, 3.8) is 0 Å². The van der Waals surface area contributed by atoms with Crippen LogP contribution in [0, 0.1) is 10.7 Å². The van der Waals surface area contributed by atoms with E-state index >= 15 is 4.39 Å². The van der Waals surface area contributed by atoms with Gasteiger partial charge < -0.3 is 14.1 Å². The predicted molar refractivity (Wildman–Crippen MR) is 176 cm³/mol. The molecule has 1 saturated heterocycles. The van der Waals surface area contributed by atoms with Crippen LogP contribution in [0.4, 0.5) is 10.1 Å². The summed E-state index contributed by atoms with van der Waals surface area (Å²) in [5.74, 6) is -0.657. The number of hydrogen-bond acceptors (Lipinski definition) is 7. The molecule has 43 heavy (non-hydrogen) atoms. The van der Waals surface area contributed by atoms with Crippen molar-refractivity contribution in [2.45, 2.75) is 64.5 Å². The van der Waals surface area contributed by atoms with Crippen molar-refractivity contribution in [2.75, 3.05) is 18.0 Å². The second kappa shape index (κ2) is 13.0. The maximum Gasteiger partial charge on any atom is 0.261 e. The van der Waals surface area contributed by atoms with Crippen molar-refractivity contribution >= 4 is 47.3 Å². The van der Waals surface area contributed by atoms with Crippen LogP contribution in [-0.2, 0) is 15.8 Å². The minimum atomic E-state index is -2.94. The molecule has 2 heterocycles. The van der Waals surface area contributed by atoms with Crippen LogP contribution < -0.4 is 15.3 Å². The Kier molecular flexibility index (Phi) is 9.48. The van der Waals surface area contributed by atoms with Gasteiger partial charge in [0.1, 0.15) is 10.8 Å². The van der Waals surface area contributed by atoms with E-state index in [1.54, 1.807) is 17.8 Å². The van der Waals surface area contributed by atoms with Crippen LogP contribution in [0.5, 0.6) is 0 Å². The first kappa shape index (κ1) is 31.5. The molecule has 1 aliphatic rings. The number of morpholine rings is 1. The molecule has 1 aromatic heterocycles. The molecule has 0 radical (unpaired) electrons. The Morgan fingerprint density at radius 2 is 1.67 bits per heavy atom. The lowest BCUT2D eigenvalue weighted by Crippen LogP contribution is -2.66. The van der Waals surface area contributed by atoms with Gasteiger partial charge in [-0.05, 0) is 35.3 Å². The van der Waals surface area contributed by atoms with Gasteiger partial charge in [-0.15, -0.1) is 16.2 Å². The summed E-state index contributed by atoms with van der Waals surface area (Å²) in [6, 6.07) is 21.4. The van der Waals surface area contributed by atoms with Gasteiger partial charge >= 0.3 is 0 Å². The number of anilines is 1. The SMILES string of the molecule is C[C@@H]1CN(c2c(CO[Si](c3ccccc3)(c3ccccc3)C(C)(C)C)cc(C(N=O)c3cncs3)c(F)c2Cl)C[C@H](C)O1. The summed E-state index contributed by atoms with van der Waals surface area (Å²) in [5.41, 5.74) is 2.99. The van der Waals surface area contributed by atoms with Crippen molar-refractivity contribution in [2.24, 2.45) is 5.18 Å². The second-order valence-corrected chi connectivity index (χ2v) is 17.7. The molecule has 0 N–H and O–H groups in total. The van der Waals surface area contributed by atoms with E-state index in [0.29, 0.717) is 29.2 Å². The first-order chi connectivity index (χ1) is 20.6. The fourth-order valence-corrected chi connectivity index (χ4v) is 11.8. The molecule has 6 nitrogen and oxygen atoms in total.